The molecule has 0 aromatic rings. The third-order valence-corrected chi connectivity index (χ3v) is 2.84. The van der Waals surface area contributed by atoms with Gasteiger partial charge in [-0.05, 0) is 19.4 Å². The third-order valence-electron chi connectivity index (χ3n) is 2.84. The van der Waals surface area contributed by atoms with E-state index in [-0.39, 0.29) is 0 Å². The summed E-state index contributed by atoms with van der Waals surface area (Å²) in [6.07, 6.45) is 4.87. The molecule has 0 fully saturated rings. The number of ether oxygens (including phenoxy) is 4. The number of rotatable bonds is 18. The van der Waals surface area contributed by atoms with Crippen LogP contribution in [0.2, 0.25) is 0 Å². The zero-order valence-electron chi connectivity index (χ0n) is 14.0. The lowest BCUT2D eigenvalue weighted by atomic mass is 10.2. The van der Waals surface area contributed by atoms with Crippen LogP contribution in [0.4, 0.5) is 0 Å². The van der Waals surface area contributed by atoms with Crippen molar-refractivity contribution in [3.63, 3.8) is 0 Å². The first kappa shape index (κ1) is 20.8. The molecule has 0 aliphatic carbocycles. The van der Waals surface area contributed by atoms with Gasteiger partial charge in [0.05, 0.1) is 46.2 Å². The Morgan fingerprint density at radius 2 is 1.05 bits per heavy atom. The van der Waals surface area contributed by atoms with Gasteiger partial charge < -0.3 is 24.3 Å². The van der Waals surface area contributed by atoms with Gasteiger partial charge in [0.2, 0.25) is 0 Å². The molecule has 5 nitrogen and oxygen atoms in total. The van der Waals surface area contributed by atoms with Crippen molar-refractivity contribution >= 4 is 0 Å². The molecule has 0 amide bonds. The molecular weight excluding hydrogens is 270 g/mol. The second-order valence-corrected chi connectivity index (χ2v) is 4.91. The summed E-state index contributed by atoms with van der Waals surface area (Å²) in [4.78, 5) is 0. The van der Waals surface area contributed by atoms with Crippen molar-refractivity contribution in [2.75, 3.05) is 65.9 Å². The van der Waals surface area contributed by atoms with Gasteiger partial charge in [0.25, 0.3) is 0 Å². The van der Waals surface area contributed by atoms with Crippen molar-refractivity contribution in [1.29, 1.82) is 0 Å². The van der Waals surface area contributed by atoms with Crippen LogP contribution in [-0.2, 0) is 18.9 Å². The van der Waals surface area contributed by atoms with E-state index in [4.69, 9.17) is 18.9 Å². The molecule has 0 unspecified atom stereocenters. The molecule has 0 saturated heterocycles. The van der Waals surface area contributed by atoms with Crippen molar-refractivity contribution in [2.24, 2.45) is 0 Å². The summed E-state index contributed by atoms with van der Waals surface area (Å²) >= 11 is 0. The SMILES string of the molecule is CCCCCNCCOCCOCCOCCOCCC. The van der Waals surface area contributed by atoms with Gasteiger partial charge in [0.1, 0.15) is 0 Å². The highest BCUT2D eigenvalue weighted by molar-refractivity contribution is 4.47. The van der Waals surface area contributed by atoms with E-state index in [1.807, 2.05) is 0 Å². The van der Waals surface area contributed by atoms with Gasteiger partial charge in [-0.3, -0.25) is 0 Å². The molecule has 21 heavy (non-hydrogen) atoms. The molecular formula is C16H35NO4. The Morgan fingerprint density at radius 1 is 0.524 bits per heavy atom. The standard InChI is InChI=1S/C16H35NO4/c1-3-5-6-7-17-8-10-19-12-14-21-16-15-20-13-11-18-9-4-2/h17H,3-16H2,1-2H3. The maximum Gasteiger partial charge on any atom is 0.0701 e. The van der Waals surface area contributed by atoms with Crippen molar-refractivity contribution < 1.29 is 18.9 Å². The second-order valence-electron chi connectivity index (χ2n) is 4.91. The Balaban J connectivity index is 2.90. The van der Waals surface area contributed by atoms with Crippen LogP contribution in [0.1, 0.15) is 39.5 Å². The highest BCUT2D eigenvalue weighted by atomic mass is 16.6. The summed E-state index contributed by atoms with van der Waals surface area (Å²) in [6, 6.07) is 0. The van der Waals surface area contributed by atoms with Crippen molar-refractivity contribution in [3.05, 3.63) is 0 Å². The van der Waals surface area contributed by atoms with E-state index in [1.54, 1.807) is 0 Å². The first-order valence-corrected chi connectivity index (χ1v) is 8.43. The Labute approximate surface area is 130 Å². The normalized spacial score (nSPS) is 11.1. The van der Waals surface area contributed by atoms with Crippen molar-refractivity contribution in [1.82, 2.24) is 5.32 Å². The fourth-order valence-electron chi connectivity index (χ4n) is 1.68. The second kappa shape index (κ2) is 19.8. The Morgan fingerprint density at radius 3 is 1.57 bits per heavy atom. The zero-order valence-corrected chi connectivity index (χ0v) is 14.0. The monoisotopic (exact) mass is 305 g/mol. The molecule has 0 aliphatic rings. The lowest BCUT2D eigenvalue weighted by Crippen LogP contribution is -2.21. The van der Waals surface area contributed by atoms with Gasteiger partial charge in [-0.15, -0.1) is 0 Å². The Hall–Kier alpha value is -0.200. The van der Waals surface area contributed by atoms with Gasteiger partial charge in [-0.1, -0.05) is 26.7 Å². The maximum atomic E-state index is 5.46. The van der Waals surface area contributed by atoms with E-state index < -0.39 is 0 Å². The molecule has 0 heterocycles. The van der Waals surface area contributed by atoms with Crippen molar-refractivity contribution in [2.45, 2.75) is 39.5 Å². The Bertz CT molecular complexity index is 164. The quantitative estimate of drug-likeness (QED) is 0.394. The smallest absolute Gasteiger partial charge is 0.0701 e. The number of nitrogens with one attached hydrogen (secondary N) is 1. The van der Waals surface area contributed by atoms with Gasteiger partial charge in [0.15, 0.2) is 0 Å². The third kappa shape index (κ3) is 19.8. The van der Waals surface area contributed by atoms with E-state index in [0.717, 1.165) is 32.7 Å². The average molecular weight is 305 g/mol. The fourth-order valence-corrected chi connectivity index (χ4v) is 1.68. The summed E-state index contributed by atoms with van der Waals surface area (Å²) in [5.74, 6) is 0. The van der Waals surface area contributed by atoms with Crippen LogP contribution in [0.3, 0.4) is 0 Å². The van der Waals surface area contributed by atoms with E-state index in [2.05, 4.69) is 19.2 Å². The van der Waals surface area contributed by atoms with E-state index in [0.29, 0.717) is 39.6 Å². The minimum absolute atomic E-state index is 0.617. The highest BCUT2D eigenvalue weighted by Crippen LogP contribution is 1.90. The van der Waals surface area contributed by atoms with E-state index in [1.165, 1.54) is 19.3 Å². The highest BCUT2D eigenvalue weighted by Gasteiger charge is 1.93. The minimum atomic E-state index is 0.617. The minimum Gasteiger partial charge on any atom is -0.379 e. The predicted octanol–water partition coefficient (Wildman–Crippen LogP) is 2.24. The molecule has 0 rings (SSSR count). The summed E-state index contributed by atoms with van der Waals surface area (Å²) in [7, 11) is 0. The summed E-state index contributed by atoms with van der Waals surface area (Å²) in [5, 5.41) is 3.36. The maximum absolute atomic E-state index is 5.46. The summed E-state index contributed by atoms with van der Waals surface area (Å²) in [5.41, 5.74) is 0. The average Bonchev–Trinajstić information content (AvgIpc) is 2.50. The topological polar surface area (TPSA) is 49.0 Å². The molecule has 0 aromatic heterocycles. The summed E-state index contributed by atoms with van der Waals surface area (Å²) in [6.45, 7) is 11.7. The van der Waals surface area contributed by atoms with Gasteiger partial charge in [-0.25, -0.2) is 0 Å². The van der Waals surface area contributed by atoms with Gasteiger partial charge in [-0.2, -0.15) is 0 Å². The zero-order chi connectivity index (χ0) is 15.4. The predicted molar refractivity (Wildman–Crippen MR) is 86.0 cm³/mol. The lowest BCUT2D eigenvalue weighted by Gasteiger charge is -2.07. The molecule has 0 radical (unpaired) electrons. The summed E-state index contributed by atoms with van der Waals surface area (Å²) < 4.78 is 21.5. The first-order valence-electron chi connectivity index (χ1n) is 8.43. The molecule has 5 heteroatoms. The molecule has 0 saturated carbocycles. The molecule has 0 aromatic carbocycles. The lowest BCUT2D eigenvalue weighted by molar-refractivity contribution is -0.00135. The first-order chi connectivity index (χ1) is 10.4. The largest absolute Gasteiger partial charge is 0.379 e. The van der Waals surface area contributed by atoms with Crippen LogP contribution in [0, 0.1) is 0 Å². The van der Waals surface area contributed by atoms with Gasteiger partial charge in [0, 0.05) is 13.2 Å². The molecule has 0 spiro atoms. The molecule has 128 valence electrons. The Kier molecular flexibility index (Phi) is 19.6. The van der Waals surface area contributed by atoms with E-state index in [9.17, 15) is 0 Å². The fraction of sp³-hybridized carbons (Fsp3) is 1.00. The van der Waals surface area contributed by atoms with Crippen molar-refractivity contribution in [3.8, 4) is 0 Å². The van der Waals surface area contributed by atoms with E-state index >= 15 is 0 Å². The van der Waals surface area contributed by atoms with Crippen LogP contribution in [0.25, 0.3) is 0 Å². The molecule has 1 N–H and O–H groups in total. The molecule has 0 atom stereocenters. The van der Waals surface area contributed by atoms with Gasteiger partial charge >= 0.3 is 0 Å². The van der Waals surface area contributed by atoms with Crippen LogP contribution >= 0.6 is 0 Å². The van der Waals surface area contributed by atoms with Crippen LogP contribution in [0.15, 0.2) is 0 Å². The molecule has 0 aliphatic heterocycles. The number of hydrogen-bond acceptors (Lipinski definition) is 5. The number of hydrogen-bond donors (Lipinski definition) is 1. The van der Waals surface area contributed by atoms with Crippen LogP contribution in [0.5, 0.6) is 0 Å². The van der Waals surface area contributed by atoms with Crippen LogP contribution in [-0.4, -0.2) is 65.9 Å². The van der Waals surface area contributed by atoms with Crippen LogP contribution < -0.4 is 5.32 Å². The number of unbranched alkanes of at least 4 members (excludes halogenated alkanes) is 2. The molecule has 0 bridgehead atoms.